The van der Waals surface area contributed by atoms with Crippen molar-refractivity contribution in [1.29, 1.82) is 0 Å². The minimum atomic E-state index is -0.559. The maximum Gasteiger partial charge on any atom is 0.272 e. The number of amides is 2. The van der Waals surface area contributed by atoms with E-state index >= 15 is 0 Å². The fourth-order valence-electron chi connectivity index (χ4n) is 2.22. The van der Waals surface area contributed by atoms with E-state index in [-0.39, 0.29) is 23.7 Å². The van der Waals surface area contributed by atoms with Crippen molar-refractivity contribution in [3.05, 3.63) is 28.2 Å². The maximum absolute atomic E-state index is 12.2. The SMILES string of the molecule is COCCn1nc(C(=O)NC2CCCCNC2=O)ccc1=O. The van der Waals surface area contributed by atoms with Gasteiger partial charge in [-0.2, -0.15) is 5.10 Å². The molecule has 1 aromatic rings. The Balaban J connectivity index is 2.08. The summed E-state index contributed by atoms with van der Waals surface area (Å²) < 4.78 is 6.07. The van der Waals surface area contributed by atoms with Crippen LogP contribution in [0, 0.1) is 0 Å². The molecule has 0 saturated carbocycles. The summed E-state index contributed by atoms with van der Waals surface area (Å²) in [5, 5.41) is 9.43. The Morgan fingerprint density at radius 2 is 2.27 bits per heavy atom. The molecule has 1 aromatic heterocycles. The van der Waals surface area contributed by atoms with Gasteiger partial charge in [-0.3, -0.25) is 14.4 Å². The number of aromatic nitrogens is 2. The lowest BCUT2D eigenvalue weighted by molar-refractivity contribution is -0.122. The van der Waals surface area contributed by atoms with Crippen molar-refractivity contribution in [3.63, 3.8) is 0 Å². The maximum atomic E-state index is 12.2. The molecule has 1 saturated heterocycles. The molecule has 0 radical (unpaired) electrons. The van der Waals surface area contributed by atoms with E-state index in [0.717, 1.165) is 12.8 Å². The van der Waals surface area contributed by atoms with Crippen LogP contribution in [0.1, 0.15) is 29.8 Å². The highest BCUT2D eigenvalue weighted by Crippen LogP contribution is 2.06. The minimum Gasteiger partial charge on any atom is -0.383 e. The molecule has 1 unspecified atom stereocenters. The van der Waals surface area contributed by atoms with Crippen LogP contribution < -0.4 is 16.2 Å². The third-order valence-electron chi connectivity index (χ3n) is 3.45. The summed E-state index contributed by atoms with van der Waals surface area (Å²) >= 11 is 0. The van der Waals surface area contributed by atoms with Crippen molar-refractivity contribution >= 4 is 11.8 Å². The summed E-state index contributed by atoms with van der Waals surface area (Å²) in [5.41, 5.74) is -0.200. The summed E-state index contributed by atoms with van der Waals surface area (Å²) in [6.45, 7) is 1.22. The lowest BCUT2D eigenvalue weighted by atomic mass is 10.1. The van der Waals surface area contributed by atoms with Gasteiger partial charge in [0, 0.05) is 19.7 Å². The van der Waals surface area contributed by atoms with E-state index in [0.29, 0.717) is 19.6 Å². The summed E-state index contributed by atoms with van der Waals surface area (Å²) in [6, 6.07) is 2.08. The Kier molecular flexibility index (Phi) is 5.65. The van der Waals surface area contributed by atoms with Crippen molar-refractivity contribution in [3.8, 4) is 0 Å². The number of nitrogens with zero attached hydrogens (tertiary/aromatic N) is 2. The van der Waals surface area contributed by atoms with Gasteiger partial charge in [0.2, 0.25) is 5.91 Å². The first-order valence-electron chi connectivity index (χ1n) is 7.27. The van der Waals surface area contributed by atoms with Crippen molar-refractivity contribution in [1.82, 2.24) is 20.4 Å². The van der Waals surface area contributed by atoms with Crippen molar-refractivity contribution in [2.24, 2.45) is 0 Å². The van der Waals surface area contributed by atoms with Crippen LogP contribution in [0.25, 0.3) is 0 Å². The summed E-state index contributed by atoms with van der Waals surface area (Å²) in [4.78, 5) is 35.7. The van der Waals surface area contributed by atoms with E-state index in [1.165, 1.54) is 23.9 Å². The van der Waals surface area contributed by atoms with Crippen LogP contribution in [-0.2, 0) is 16.1 Å². The predicted octanol–water partition coefficient (Wildman–Crippen LogP) is -0.712. The quantitative estimate of drug-likeness (QED) is 0.748. The zero-order chi connectivity index (χ0) is 15.9. The zero-order valence-electron chi connectivity index (χ0n) is 12.5. The van der Waals surface area contributed by atoms with Gasteiger partial charge in [0.15, 0.2) is 0 Å². The second-order valence-corrected chi connectivity index (χ2v) is 5.09. The predicted molar refractivity (Wildman–Crippen MR) is 78.5 cm³/mol. The molecule has 1 fully saturated rings. The number of carbonyl (C=O) groups excluding carboxylic acids is 2. The molecule has 1 aliphatic rings. The van der Waals surface area contributed by atoms with E-state index in [2.05, 4.69) is 15.7 Å². The second-order valence-electron chi connectivity index (χ2n) is 5.09. The van der Waals surface area contributed by atoms with Gasteiger partial charge in [-0.1, -0.05) is 0 Å². The Morgan fingerprint density at radius 3 is 3.05 bits per heavy atom. The van der Waals surface area contributed by atoms with Gasteiger partial charge < -0.3 is 15.4 Å². The van der Waals surface area contributed by atoms with Crippen LogP contribution in [0.5, 0.6) is 0 Å². The highest BCUT2D eigenvalue weighted by Gasteiger charge is 2.23. The first-order chi connectivity index (χ1) is 10.6. The van der Waals surface area contributed by atoms with E-state index in [9.17, 15) is 14.4 Å². The Bertz CT molecular complexity index is 599. The lowest BCUT2D eigenvalue weighted by Gasteiger charge is -2.15. The number of hydrogen-bond acceptors (Lipinski definition) is 5. The van der Waals surface area contributed by atoms with E-state index < -0.39 is 11.9 Å². The average Bonchev–Trinajstić information content (AvgIpc) is 2.71. The molecule has 22 heavy (non-hydrogen) atoms. The third kappa shape index (κ3) is 4.14. The number of carbonyl (C=O) groups is 2. The van der Waals surface area contributed by atoms with Gasteiger partial charge in [-0.25, -0.2) is 4.68 Å². The van der Waals surface area contributed by atoms with Gasteiger partial charge in [0.25, 0.3) is 11.5 Å². The molecule has 1 aliphatic heterocycles. The molecular formula is C14H20N4O4. The van der Waals surface area contributed by atoms with Gasteiger partial charge in [-0.05, 0) is 25.3 Å². The molecule has 0 aromatic carbocycles. The molecule has 8 nitrogen and oxygen atoms in total. The van der Waals surface area contributed by atoms with Crippen LogP contribution >= 0.6 is 0 Å². The topological polar surface area (TPSA) is 102 Å². The number of rotatable bonds is 5. The monoisotopic (exact) mass is 308 g/mol. The number of hydrogen-bond donors (Lipinski definition) is 2. The smallest absolute Gasteiger partial charge is 0.272 e. The normalized spacial score (nSPS) is 18.4. The Morgan fingerprint density at radius 1 is 1.45 bits per heavy atom. The number of ether oxygens (including phenoxy) is 1. The molecule has 120 valence electrons. The molecule has 2 amide bonds. The molecular weight excluding hydrogens is 288 g/mol. The van der Waals surface area contributed by atoms with Crippen LogP contribution in [0.15, 0.2) is 16.9 Å². The molecule has 2 heterocycles. The second kappa shape index (κ2) is 7.69. The van der Waals surface area contributed by atoms with Crippen molar-refractivity contribution in [2.45, 2.75) is 31.8 Å². The van der Waals surface area contributed by atoms with Crippen LogP contribution in [0.3, 0.4) is 0 Å². The first-order valence-corrected chi connectivity index (χ1v) is 7.27. The number of nitrogens with one attached hydrogen (secondary N) is 2. The standard InChI is InChI=1S/C14H20N4O4/c1-22-9-8-18-12(19)6-5-11(17-18)14(21)16-10-4-2-3-7-15-13(10)20/h5-6,10H,2-4,7-9H2,1H3,(H,15,20)(H,16,21). The largest absolute Gasteiger partial charge is 0.383 e. The fraction of sp³-hybridized carbons (Fsp3) is 0.571. The summed E-state index contributed by atoms with van der Waals surface area (Å²) in [5.74, 6) is -0.647. The molecule has 0 spiro atoms. The fourth-order valence-corrected chi connectivity index (χ4v) is 2.22. The van der Waals surface area contributed by atoms with E-state index in [1.54, 1.807) is 0 Å². The zero-order valence-corrected chi connectivity index (χ0v) is 12.5. The Labute approximate surface area is 127 Å². The minimum absolute atomic E-state index is 0.104. The summed E-state index contributed by atoms with van der Waals surface area (Å²) in [7, 11) is 1.52. The van der Waals surface area contributed by atoms with E-state index in [4.69, 9.17) is 4.74 Å². The van der Waals surface area contributed by atoms with Gasteiger partial charge >= 0.3 is 0 Å². The van der Waals surface area contributed by atoms with Gasteiger partial charge in [-0.15, -0.1) is 0 Å². The lowest BCUT2D eigenvalue weighted by Crippen LogP contribution is -2.46. The highest BCUT2D eigenvalue weighted by atomic mass is 16.5. The van der Waals surface area contributed by atoms with Crippen molar-refractivity contribution in [2.75, 3.05) is 20.3 Å². The first kappa shape index (κ1) is 16.2. The molecule has 2 N–H and O–H groups in total. The van der Waals surface area contributed by atoms with Gasteiger partial charge in [0.1, 0.15) is 11.7 Å². The van der Waals surface area contributed by atoms with E-state index in [1.807, 2.05) is 0 Å². The molecule has 2 rings (SSSR count). The summed E-state index contributed by atoms with van der Waals surface area (Å²) in [6.07, 6.45) is 2.36. The van der Waals surface area contributed by atoms with Crippen LogP contribution in [0.2, 0.25) is 0 Å². The number of methoxy groups -OCH3 is 1. The van der Waals surface area contributed by atoms with Crippen LogP contribution in [-0.4, -0.2) is 47.9 Å². The van der Waals surface area contributed by atoms with Crippen LogP contribution in [0.4, 0.5) is 0 Å². The molecule has 0 bridgehead atoms. The molecule has 1 atom stereocenters. The van der Waals surface area contributed by atoms with Gasteiger partial charge in [0.05, 0.1) is 13.2 Å². The average molecular weight is 308 g/mol. The van der Waals surface area contributed by atoms with Crippen molar-refractivity contribution < 1.29 is 14.3 Å². The highest BCUT2D eigenvalue weighted by molar-refractivity contribution is 5.96. The third-order valence-corrected chi connectivity index (χ3v) is 3.45. The Hall–Kier alpha value is -2.22. The molecule has 0 aliphatic carbocycles. The molecule has 8 heteroatoms.